The first kappa shape index (κ1) is 17.9. The molecule has 0 N–H and O–H groups in total. The fourth-order valence-electron chi connectivity index (χ4n) is 2.59. The van der Waals surface area contributed by atoms with Gasteiger partial charge in [0.05, 0.1) is 10.1 Å². The van der Waals surface area contributed by atoms with Crippen LogP contribution >= 0.6 is 23.1 Å². The zero-order chi connectivity index (χ0) is 18.0. The molecule has 0 amide bonds. The number of nitrogens with zero attached hydrogens (tertiary/aromatic N) is 3. The molecule has 6 heteroatoms. The van der Waals surface area contributed by atoms with Crippen molar-refractivity contribution in [3.8, 4) is 10.7 Å². The highest BCUT2D eigenvalue weighted by molar-refractivity contribution is 8.00. The van der Waals surface area contributed by atoms with Crippen LogP contribution in [0.1, 0.15) is 35.3 Å². The van der Waals surface area contributed by atoms with Gasteiger partial charge in [-0.3, -0.25) is 4.79 Å². The lowest BCUT2D eigenvalue weighted by Crippen LogP contribution is -2.15. The summed E-state index contributed by atoms with van der Waals surface area (Å²) < 4.78 is 2.07. The molecule has 2 heterocycles. The summed E-state index contributed by atoms with van der Waals surface area (Å²) in [6.07, 6.45) is 0. The van der Waals surface area contributed by atoms with Crippen LogP contribution in [0.4, 0.5) is 0 Å². The van der Waals surface area contributed by atoms with Crippen LogP contribution in [-0.2, 0) is 6.54 Å². The molecular weight excluding hydrogens is 350 g/mol. The van der Waals surface area contributed by atoms with Gasteiger partial charge < -0.3 is 4.57 Å². The number of benzene rings is 1. The number of aryl methyl sites for hydroxylation is 2. The minimum Gasteiger partial charge on any atom is -0.302 e. The van der Waals surface area contributed by atoms with E-state index in [0.717, 1.165) is 33.5 Å². The Morgan fingerprint density at radius 3 is 2.68 bits per heavy atom. The smallest absolute Gasteiger partial charge is 0.192 e. The van der Waals surface area contributed by atoms with Crippen LogP contribution < -0.4 is 0 Å². The largest absolute Gasteiger partial charge is 0.302 e. The zero-order valence-electron chi connectivity index (χ0n) is 14.8. The predicted octanol–water partition coefficient (Wildman–Crippen LogP) is 5.01. The second-order valence-electron chi connectivity index (χ2n) is 5.95. The van der Waals surface area contributed by atoms with Crippen molar-refractivity contribution >= 4 is 28.9 Å². The monoisotopic (exact) mass is 371 g/mol. The summed E-state index contributed by atoms with van der Waals surface area (Å²) >= 11 is 3.11. The maximum Gasteiger partial charge on any atom is 0.192 e. The van der Waals surface area contributed by atoms with Gasteiger partial charge in [0.1, 0.15) is 0 Å². The van der Waals surface area contributed by atoms with Crippen LogP contribution in [0.25, 0.3) is 10.7 Å². The van der Waals surface area contributed by atoms with Crippen molar-refractivity contribution in [2.24, 2.45) is 0 Å². The summed E-state index contributed by atoms with van der Waals surface area (Å²) in [6, 6.07) is 9.93. The van der Waals surface area contributed by atoms with Gasteiger partial charge in [0, 0.05) is 12.1 Å². The quantitative estimate of drug-likeness (QED) is 0.451. The molecule has 0 saturated carbocycles. The Morgan fingerprint density at radius 2 is 2.04 bits per heavy atom. The highest BCUT2D eigenvalue weighted by Gasteiger charge is 2.21. The van der Waals surface area contributed by atoms with E-state index in [1.165, 1.54) is 17.3 Å². The minimum atomic E-state index is -0.215. The van der Waals surface area contributed by atoms with Crippen molar-refractivity contribution in [3.63, 3.8) is 0 Å². The zero-order valence-corrected chi connectivity index (χ0v) is 16.4. The molecule has 0 fully saturated rings. The highest BCUT2D eigenvalue weighted by atomic mass is 32.2. The summed E-state index contributed by atoms with van der Waals surface area (Å²) in [5.74, 6) is 0.988. The van der Waals surface area contributed by atoms with Crippen molar-refractivity contribution < 1.29 is 4.79 Å². The summed E-state index contributed by atoms with van der Waals surface area (Å²) in [5, 5.41) is 11.3. The van der Waals surface area contributed by atoms with Crippen LogP contribution in [-0.4, -0.2) is 25.8 Å². The second-order valence-corrected chi connectivity index (χ2v) is 8.21. The van der Waals surface area contributed by atoms with E-state index in [-0.39, 0.29) is 11.0 Å². The molecule has 25 heavy (non-hydrogen) atoms. The van der Waals surface area contributed by atoms with E-state index in [1.54, 1.807) is 11.3 Å². The molecule has 2 aromatic heterocycles. The molecule has 1 aromatic carbocycles. The first-order chi connectivity index (χ1) is 12.0. The number of Topliss-reactive ketones (excluding diaryl/α,β-unsaturated/α-hetero) is 1. The van der Waals surface area contributed by atoms with Gasteiger partial charge in [-0.25, -0.2) is 0 Å². The number of carbonyl (C=O) groups is 1. The fourth-order valence-corrected chi connectivity index (χ4v) is 4.30. The molecule has 0 saturated heterocycles. The molecule has 3 rings (SSSR count). The molecule has 0 aliphatic heterocycles. The Balaban J connectivity index is 1.82. The van der Waals surface area contributed by atoms with E-state index < -0.39 is 0 Å². The molecule has 1 unspecified atom stereocenters. The minimum absolute atomic E-state index is 0.122. The molecule has 130 valence electrons. The standard InChI is InChI=1S/C19H21N3OS2/c1-5-22-18(16-7-6-10-24-16)20-21-19(22)25-14(4)17(23)15-9-8-12(2)13(3)11-15/h6-11,14H,5H2,1-4H3. The van der Waals surface area contributed by atoms with Crippen LogP contribution in [0, 0.1) is 13.8 Å². The summed E-state index contributed by atoms with van der Waals surface area (Å²) in [7, 11) is 0. The molecule has 0 aliphatic carbocycles. The van der Waals surface area contributed by atoms with Crippen molar-refractivity contribution in [2.45, 2.75) is 44.6 Å². The lowest BCUT2D eigenvalue weighted by atomic mass is 10.0. The summed E-state index contributed by atoms with van der Waals surface area (Å²) in [6.45, 7) is 8.86. The number of ketones is 1. The first-order valence-electron chi connectivity index (χ1n) is 8.26. The van der Waals surface area contributed by atoms with Crippen molar-refractivity contribution in [1.29, 1.82) is 0 Å². The van der Waals surface area contributed by atoms with Crippen LogP contribution in [0.15, 0.2) is 40.9 Å². The fraction of sp³-hybridized carbons (Fsp3) is 0.316. The van der Waals surface area contributed by atoms with E-state index in [9.17, 15) is 4.79 Å². The number of hydrogen-bond acceptors (Lipinski definition) is 5. The SMILES string of the molecule is CCn1c(SC(C)C(=O)c2ccc(C)c(C)c2)nnc1-c1cccs1. The van der Waals surface area contributed by atoms with Gasteiger partial charge in [-0.2, -0.15) is 0 Å². The lowest BCUT2D eigenvalue weighted by molar-refractivity contribution is 0.0993. The summed E-state index contributed by atoms with van der Waals surface area (Å²) in [4.78, 5) is 13.9. The number of carbonyl (C=O) groups excluding carboxylic acids is 1. The molecule has 0 radical (unpaired) electrons. The Morgan fingerprint density at radius 1 is 1.24 bits per heavy atom. The Kier molecular flexibility index (Phi) is 5.39. The van der Waals surface area contributed by atoms with E-state index in [4.69, 9.17) is 0 Å². The maximum atomic E-state index is 12.8. The van der Waals surface area contributed by atoms with Crippen LogP contribution in [0.5, 0.6) is 0 Å². The topological polar surface area (TPSA) is 47.8 Å². The van der Waals surface area contributed by atoms with Crippen molar-refractivity contribution in [1.82, 2.24) is 14.8 Å². The van der Waals surface area contributed by atoms with E-state index in [2.05, 4.69) is 28.6 Å². The van der Waals surface area contributed by atoms with Gasteiger partial charge in [-0.15, -0.1) is 21.5 Å². The third-order valence-electron chi connectivity index (χ3n) is 4.22. The van der Waals surface area contributed by atoms with Gasteiger partial charge in [0.15, 0.2) is 16.8 Å². The van der Waals surface area contributed by atoms with Crippen molar-refractivity contribution in [2.75, 3.05) is 0 Å². The highest BCUT2D eigenvalue weighted by Crippen LogP contribution is 2.30. The van der Waals surface area contributed by atoms with Gasteiger partial charge in [-0.1, -0.05) is 30.0 Å². The molecule has 1 atom stereocenters. The maximum absolute atomic E-state index is 12.8. The normalized spacial score (nSPS) is 12.3. The first-order valence-corrected chi connectivity index (χ1v) is 10.0. The van der Waals surface area contributed by atoms with Gasteiger partial charge in [0.25, 0.3) is 0 Å². The molecule has 0 aliphatic rings. The number of thiophene rings is 1. The van der Waals surface area contributed by atoms with Gasteiger partial charge in [-0.05, 0) is 56.3 Å². The van der Waals surface area contributed by atoms with Crippen molar-refractivity contribution in [3.05, 3.63) is 52.4 Å². The molecule has 0 spiro atoms. The van der Waals surface area contributed by atoms with Crippen LogP contribution in [0.2, 0.25) is 0 Å². The molecule has 0 bridgehead atoms. The number of hydrogen-bond donors (Lipinski definition) is 0. The number of aromatic nitrogens is 3. The van der Waals surface area contributed by atoms with Crippen LogP contribution in [0.3, 0.4) is 0 Å². The van der Waals surface area contributed by atoms with E-state index >= 15 is 0 Å². The Hall–Kier alpha value is -1.92. The Bertz CT molecular complexity index is 884. The molecular formula is C19H21N3OS2. The molecule has 3 aromatic rings. The van der Waals surface area contributed by atoms with E-state index in [1.807, 2.05) is 49.6 Å². The van der Waals surface area contributed by atoms with Gasteiger partial charge >= 0.3 is 0 Å². The van der Waals surface area contributed by atoms with Gasteiger partial charge in [0.2, 0.25) is 0 Å². The summed E-state index contributed by atoms with van der Waals surface area (Å²) in [5.41, 5.74) is 3.09. The Labute approximate surface area is 156 Å². The average Bonchev–Trinajstić information content (AvgIpc) is 3.25. The lowest BCUT2D eigenvalue weighted by Gasteiger charge is -2.12. The predicted molar refractivity (Wildman–Crippen MR) is 105 cm³/mol. The van der Waals surface area contributed by atoms with E-state index in [0.29, 0.717) is 0 Å². The second kappa shape index (κ2) is 7.54. The average molecular weight is 372 g/mol. The molecule has 4 nitrogen and oxygen atoms in total. The third-order valence-corrected chi connectivity index (χ3v) is 6.16. The number of rotatable bonds is 6. The third kappa shape index (κ3) is 3.70. The number of thioether (sulfide) groups is 1.